The highest BCUT2D eigenvalue weighted by molar-refractivity contribution is 5.69. The average molecular weight is 172 g/mol. The molecule has 4 nitrogen and oxygen atoms in total. The van der Waals surface area contributed by atoms with Crippen molar-refractivity contribution >= 4 is 6.09 Å². The second-order valence-electron chi connectivity index (χ2n) is 3.35. The van der Waals surface area contributed by atoms with Gasteiger partial charge < -0.3 is 15.4 Å². The van der Waals surface area contributed by atoms with Crippen molar-refractivity contribution in [1.82, 2.24) is 4.90 Å². The van der Waals surface area contributed by atoms with Crippen molar-refractivity contribution in [3.05, 3.63) is 0 Å². The van der Waals surface area contributed by atoms with Crippen LogP contribution in [0, 0.1) is 5.92 Å². The molecule has 0 spiro atoms. The van der Waals surface area contributed by atoms with Gasteiger partial charge in [0.15, 0.2) is 0 Å². The summed E-state index contributed by atoms with van der Waals surface area (Å²) in [5.74, 6) is 0.389. The monoisotopic (exact) mass is 172 g/mol. The number of hydrogen-bond acceptors (Lipinski definition) is 3. The number of nitrogens with two attached hydrogens (primary N) is 1. The van der Waals surface area contributed by atoms with E-state index >= 15 is 0 Å². The molecule has 0 aromatic heterocycles. The molecule has 1 aliphatic heterocycles. The molecule has 0 bridgehead atoms. The van der Waals surface area contributed by atoms with Gasteiger partial charge in [0, 0.05) is 12.6 Å². The first-order valence-corrected chi connectivity index (χ1v) is 4.30. The fraction of sp³-hybridized carbons (Fsp3) is 0.875. The van der Waals surface area contributed by atoms with Gasteiger partial charge in [0.05, 0.1) is 6.54 Å². The topological polar surface area (TPSA) is 55.6 Å². The number of carbonyl (C=O) groups excluding carboxylic acids is 1. The highest BCUT2D eigenvalue weighted by Crippen LogP contribution is 2.14. The zero-order valence-electron chi connectivity index (χ0n) is 7.62. The van der Waals surface area contributed by atoms with Crippen LogP contribution in [0.3, 0.4) is 0 Å². The second-order valence-corrected chi connectivity index (χ2v) is 3.35. The van der Waals surface area contributed by atoms with E-state index in [1.165, 1.54) is 0 Å². The number of amides is 1. The number of ether oxygens (including phenoxy) is 1. The Morgan fingerprint density at radius 3 is 2.67 bits per heavy atom. The summed E-state index contributed by atoms with van der Waals surface area (Å²) in [6, 6.07) is 0.125. The Labute approximate surface area is 72.7 Å². The van der Waals surface area contributed by atoms with Crippen LogP contribution in [0.1, 0.15) is 13.8 Å². The van der Waals surface area contributed by atoms with Crippen LogP contribution in [-0.4, -0.2) is 36.7 Å². The summed E-state index contributed by atoms with van der Waals surface area (Å²) in [7, 11) is 0. The number of nitrogens with zero attached hydrogens (tertiary/aromatic N) is 1. The lowest BCUT2D eigenvalue weighted by atomic mass is 10.0. The molecule has 70 valence electrons. The molecule has 0 radical (unpaired) electrons. The van der Waals surface area contributed by atoms with E-state index < -0.39 is 0 Å². The van der Waals surface area contributed by atoms with Crippen LogP contribution in [0.15, 0.2) is 0 Å². The van der Waals surface area contributed by atoms with Crippen LogP contribution in [0.2, 0.25) is 0 Å². The summed E-state index contributed by atoms with van der Waals surface area (Å²) in [6.45, 7) is 5.81. The normalized spacial score (nSPS) is 20.0. The molecule has 0 aromatic carbocycles. The smallest absolute Gasteiger partial charge is 0.410 e. The van der Waals surface area contributed by atoms with E-state index in [4.69, 9.17) is 10.5 Å². The molecule has 12 heavy (non-hydrogen) atoms. The Bertz CT molecular complexity index is 170. The number of carbonyl (C=O) groups is 1. The van der Waals surface area contributed by atoms with Crippen LogP contribution < -0.4 is 5.73 Å². The first kappa shape index (κ1) is 9.32. The van der Waals surface area contributed by atoms with E-state index in [1.807, 2.05) is 0 Å². The van der Waals surface area contributed by atoms with Crippen molar-refractivity contribution in [3.63, 3.8) is 0 Å². The fourth-order valence-electron chi connectivity index (χ4n) is 1.47. The van der Waals surface area contributed by atoms with Crippen LogP contribution in [0.4, 0.5) is 4.79 Å². The van der Waals surface area contributed by atoms with Crippen molar-refractivity contribution in [2.45, 2.75) is 19.9 Å². The molecule has 1 atom stereocenters. The molecule has 1 rings (SSSR count). The third-order valence-electron chi connectivity index (χ3n) is 2.20. The minimum atomic E-state index is -0.223. The van der Waals surface area contributed by atoms with E-state index in [-0.39, 0.29) is 12.1 Å². The van der Waals surface area contributed by atoms with Crippen molar-refractivity contribution < 1.29 is 9.53 Å². The zero-order valence-corrected chi connectivity index (χ0v) is 7.62. The quantitative estimate of drug-likeness (QED) is 0.671. The van der Waals surface area contributed by atoms with Crippen molar-refractivity contribution in [3.8, 4) is 0 Å². The van der Waals surface area contributed by atoms with Gasteiger partial charge in [-0.1, -0.05) is 13.8 Å². The third-order valence-corrected chi connectivity index (χ3v) is 2.20. The van der Waals surface area contributed by atoms with Crippen molar-refractivity contribution in [2.75, 3.05) is 19.7 Å². The second kappa shape index (κ2) is 3.76. The summed E-state index contributed by atoms with van der Waals surface area (Å²) >= 11 is 0. The molecule has 2 N–H and O–H groups in total. The van der Waals surface area contributed by atoms with Crippen LogP contribution in [0.25, 0.3) is 0 Å². The van der Waals surface area contributed by atoms with Crippen molar-refractivity contribution in [1.29, 1.82) is 0 Å². The van der Waals surface area contributed by atoms with Crippen LogP contribution in [-0.2, 0) is 4.74 Å². The molecule has 0 aromatic rings. The number of hydrogen-bond donors (Lipinski definition) is 1. The fourth-order valence-corrected chi connectivity index (χ4v) is 1.47. The molecule has 1 amide bonds. The highest BCUT2D eigenvalue weighted by atomic mass is 16.6. The van der Waals surface area contributed by atoms with E-state index in [2.05, 4.69) is 13.8 Å². The Balaban J connectivity index is 2.58. The zero-order chi connectivity index (χ0) is 9.14. The minimum Gasteiger partial charge on any atom is -0.448 e. The highest BCUT2D eigenvalue weighted by Gasteiger charge is 2.30. The minimum absolute atomic E-state index is 0.125. The molecule has 1 fully saturated rings. The molecule has 1 heterocycles. The Morgan fingerprint density at radius 2 is 2.33 bits per heavy atom. The number of rotatable bonds is 3. The summed E-state index contributed by atoms with van der Waals surface area (Å²) in [5.41, 5.74) is 5.57. The predicted molar refractivity (Wildman–Crippen MR) is 45.7 cm³/mol. The molecule has 1 saturated heterocycles. The lowest BCUT2D eigenvalue weighted by Gasteiger charge is -2.27. The van der Waals surface area contributed by atoms with Gasteiger partial charge in [0.25, 0.3) is 0 Å². The molecule has 0 aliphatic carbocycles. The standard InChI is InChI=1S/C8H16N2O2/c1-6(2)7(5-9)10-3-4-12-8(10)11/h6-7H,3-5,9H2,1-2H3. The SMILES string of the molecule is CC(C)C(CN)N1CCOC1=O. The van der Waals surface area contributed by atoms with Gasteiger partial charge in [0.1, 0.15) is 6.61 Å². The molecule has 1 aliphatic rings. The third kappa shape index (κ3) is 1.69. The van der Waals surface area contributed by atoms with Crippen LogP contribution >= 0.6 is 0 Å². The maximum Gasteiger partial charge on any atom is 0.410 e. The van der Waals surface area contributed by atoms with Gasteiger partial charge in [-0.05, 0) is 5.92 Å². The lowest BCUT2D eigenvalue weighted by Crippen LogP contribution is -2.44. The van der Waals surface area contributed by atoms with Crippen molar-refractivity contribution in [2.24, 2.45) is 11.7 Å². The maximum absolute atomic E-state index is 11.1. The van der Waals surface area contributed by atoms with Gasteiger partial charge >= 0.3 is 6.09 Å². The summed E-state index contributed by atoms with van der Waals surface area (Å²) < 4.78 is 4.83. The van der Waals surface area contributed by atoms with Gasteiger partial charge in [-0.3, -0.25) is 0 Å². The van der Waals surface area contributed by atoms with Gasteiger partial charge in [-0.25, -0.2) is 4.79 Å². The average Bonchev–Trinajstić information content (AvgIpc) is 2.38. The van der Waals surface area contributed by atoms with Crippen LogP contribution in [0.5, 0.6) is 0 Å². The number of cyclic esters (lactones) is 1. The van der Waals surface area contributed by atoms with E-state index in [0.717, 1.165) is 0 Å². The first-order chi connectivity index (χ1) is 5.66. The molecule has 0 saturated carbocycles. The maximum atomic E-state index is 11.1. The molecule has 1 unspecified atom stereocenters. The largest absolute Gasteiger partial charge is 0.448 e. The van der Waals surface area contributed by atoms with E-state index in [9.17, 15) is 4.79 Å². The first-order valence-electron chi connectivity index (χ1n) is 4.30. The van der Waals surface area contributed by atoms with E-state index in [0.29, 0.717) is 25.6 Å². The summed E-state index contributed by atoms with van der Waals surface area (Å²) in [4.78, 5) is 12.8. The summed E-state index contributed by atoms with van der Waals surface area (Å²) in [6.07, 6.45) is -0.223. The van der Waals surface area contributed by atoms with E-state index in [1.54, 1.807) is 4.90 Å². The van der Waals surface area contributed by atoms with Gasteiger partial charge in [-0.15, -0.1) is 0 Å². The Hall–Kier alpha value is -0.770. The summed E-state index contributed by atoms with van der Waals surface area (Å²) in [5, 5.41) is 0. The molecular weight excluding hydrogens is 156 g/mol. The molecule has 4 heteroatoms. The van der Waals surface area contributed by atoms with Gasteiger partial charge in [-0.2, -0.15) is 0 Å². The predicted octanol–water partition coefficient (Wildman–Crippen LogP) is 0.422. The molecular formula is C8H16N2O2. The Morgan fingerprint density at radius 1 is 1.67 bits per heavy atom. The lowest BCUT2D eigenvalue weighted by molar-refractivity contribution is 0.139. The Kier molecular flexibility index (Phi) is 2.92. The van der Waals surface area contributed by atoms with Gasteiger partial charge in [0.2, 0.25) is 0 Å².